The number of aliphatic imine (C=N–C) groups is 1. The van der Waals surface area contributed by atoms with Crippen LogP contribution in [0.5, 0.6) is 0 Å². The Kier molecular flexibility index (Phi) is 8.54. The molecule has 1 fully saturated rings. The summed E-state index contributed by atoms with van der Waals surface area (Å²) in [4.78, 5) is 4.20. The number of rotatable bonds is 8. The third kappa shape index (κ3) is 8.28. The van der Waals surface area contributed by atoms with Crippen LogP contribution < -0.4 is 10.6 Å². The fourth-order valence-corrected chi connectivity index (χ4v) is 4.50. The fourth-order valence-electron chi connectivity index (χ4n) is 3.66. The largest absolute Gasteiger partial charge is 0.356 e. The van der Waals surface area contributed by atoms with Gasteiger partial charge in [0.1, 0.15) is 5.82 Å². The maximum absolute atomic E-state index is 13.6. The summed E-state index contributed by atoms with van der Waals surface area (Å²) in [6.45, 7) is 1.17. The van der Waals surface area contributed by atoms with Gasteiger partial charge < -0.3 is 10.6 Å². The molecule has 0 unspecified atom stereocenters. The molecule has 0 radical (unpaired) electrons. The van der Waals surface area contributed by atoms with E-state index in [2.05, 4.69) is 15.6 Å². The van der Waals surface area contributed by atoms with Crippen LogP contribution in [0.15, 0.2) is 23.2 Å². The second-order valence-corrected chi connectivity index (χ2v) is 9.62. The molecule has 152 valence electrons. The number of nitrogens with zero attached hydrogens (tertiary/aromatic N) is 1. The summed E-state index contributed by atoms with van der Waals surface area (Å²) in [5.74, 6) is 1.03. The van der Waals surface area contributed by atoms with Crippen LogP contribution in [0.4, 0.5) is 4.39 Å². The highest BCUT2D eigenvalue weighted by atomic mass is 32.2. The van der Waals surface area contributed by atoms with E-state index in [1.165, 1.54) is 63.0 Å². The second-order valence-electron chi connectivity index (χ2n) is 7.48. The van der Waals surface area contributed by atoms with Crippen molar-refractivity contribution in [3.05, 3.63) is 35.1 Å². The van der Waals surface area contributed by atoms with Crippen molar-refractivity contribution in [3.63, 3.8) is 0 Å². The minimum absolute atomic E-state index is 0.0995. The van der Waals surface area contributed by atoms with Crippen LogP contribution in [0.1, 0.15) is 56.1 Å². The lowest BCUT2D eigenvalue weighted by atomic mass is 9.86. The summed E-state index contributed by atoms with van der Waals surface area (Å²) in [5, 5.41) is 6.44. The third-order valence-electron chi connectivity index (χ3n) is 5.06. The summed E-state index contributed by atoms with van der Waals surface area (Å²) in [7, 11) is -1.49. The molecule has 0 saturated heterocycles. The van der Waals surface area contributed by atoms with Crippen molar-refractivity contribution in [1.29, 1.82) is 0 Å². The maximum Gasteiger partial charge on any atom is 0.191 e. The third-order valence-corrected chi connectivity index (χ3v) is 5.90. The summed E-state index contributed by atoms with van der Waals surface area (Å²) >= 11 is 0. The Morgan fingerprint density at radius 1 is 1.19 bits per heavy atom. The van der Waals surface area contributed by atoms with E-state index in [0.29, 0.717) is 23.6 Å². The molecule has 0 heterocycles. The van der Waals surface area contributed by atoms with Gasteiger partial charge in [-0.05, 0) is 42.0 Å². The zero-order valence-corrected chi connectivity index (χ0v) is 17.2. The van der Waals surface area contributed by atoms with Gasteiger partial charge in [0.15, 0.2) is 15.8 Å². The molecule has 0 bridgehead atoms. The fraction of sp³-hybridized carbons (Fsp3) is 0.650. The van der Waals surface area contributed by atoms with Gasteiger partial charge >= 0.3 is 0 Å². The molecule has 0 spiro atoms. The Hall–Kier alpha value is -1.63. The highest BCUT2D eigenvalue weighted by Gasteiger charge is 2.13. The predicted octanol–water partition coefficient (Wildman–Crippen LogP) is 3.40. The molecule has 0 aromatic heterocycles. The molecule has 1 aliphatic rings. The number of nitrogens with one attached hydrogen (secondary N) is 2. The smallest absolute Gasteiger partial charge is 0.191 e. The summed E-state index contributed by atoms with van der Waals surface area (Å²) in [6, 6.07) is 4.21. The molecular weight excluding hydrogens is 365 g/mol. The quantitative estimate of drug-likeness (QED) is 0.401. The van der Waals surface area contributed by atoms with Gasteiger partial charge in [0, 0.05) is 26.4 Å². The molecular formula is C20H32FN3O2S. The molecule has 0 atom stereocenters. The van der Waals surface area contributed by atoms with E-state index in [9.17, 15) is 12.8 Å². The average Bonchev–Trinajstić information content (AvgIpc) is 2.63. The topological polar surface area (TPSA) is 70.6 Å². The van der Waals surface area contributed by atoms with Gasteiger partial charge in [0.25, 0.3) is 0 Å². The van der Waals surface area contributed by atoms with Crippen molar-refractivity contribution in [1.82, 2.24) is 10.6 Å². The van der Waals surface area contributed by atoms with Crippen LogP contribution in [0.3, 0.4) is 0 Å². The highest BCUT2D eigenvalue weighted by Crippen LogP contribution is 2.26. The number of hydrogen-bond acceptors (Lipinski definition) is 3. The van der Waals surface area contributed by atoms with Crippen LogP contribution in [-0.4, -0.2) is 34.2 Å². The minimum atomic E-state index is -3.18. The van der Waals surface area contributed by atoms with Crippen molar-refractivity contribution in [2.24, 2.45) is 10.9 Å². The van der Waals surface area contributed by atoms with E-state index in [1.54, 1.807) is 7.05 Å². The maximum atomic E-state index is 13.6. The number of sulfone groups is 1. The SMILES string of the molecule is CN=C(NCCCC1CCCCC1)NCc1cc(F)ccc1CS(C)(=O)=O. The molecule has 7 heteroatoms. The summed E-state index contributed by atoms with van der Waals surface area (Å²) in [6.07, 6.45) is 10.4. The van der Waals surface area contributed by atoms with Gasteiger partial charge in [-0.15, -0.1) is 0 Å². The van der Waals surface area contributed by atoms with Gasteiger partial charge in [0.2, 0.25) is 0 Å². The van der Waals surface area contributed by atoms with E-state index >= 15 is 0 Å². The van der Waals surface area contributed by atoms with Crippen LogP contribution in [0.25, 0.3) is 0 Å². The number of halogens is 1. The standard InChI is InChI=1S/C20H32FN3O2S/c1-22-20(23-12-6-9-16-7-4-3-5-8-16)24-14-18-13-19(21)11-10-17(18)15-27(2,25)26/h10-11,13,16H,3-9,12,14-15H2,1-2H3,(H2,22,23,24). The normalized spacial score (nSPS) is 16.3. The first-order valence-corrected chi connectivity index (χ1v) is 11.8. The molecule has 0 aliphatic heterocycles. The first-order chi connectivity index (χ1) is 12.9. The average molecular weight is 398 g/mol. The molecule has 1 aliphatic carbocycles. The highest BCUT2D eigenvalue weighted by molar-refractivity contribution is 7.89. The van der Waals surface area contributed by atoms with Gasteiger partial charge in [0.05, 0.1) is 5.75 Å². The molecule has 2 N–H and O–H groups in total. The van der Waals surface area contributed by atoms with Gasteiger partial charge in [-0.2, -0.15) is 0 Å². The van der Waals surface area contributed by atoms with Crippen LogP contribution in [0, 0.1) is 11.7 Å². The van der Waals surface area contributed by atoms with Crippen molar-refractivity contribution in [3.8, 4) is 0 Å². The number of guanidine groups is 1. The lowest BCUT2D eigenvalue weighted by Crippen LogP contribution is -2.37. The van der Waals surface area contributed by atoms with Crippen molar-refractivity contribution in [2.75, 3.05) is 19.8 Å². The summed E-state index contributed by atoms with van der Waals surface area (Å²) in [5.41, 5.74) is 1.24. The Bertz CT molecular complexity index is 729. The first kappa shape index (κ1) is 21.7. The molecule has 0 amide bonds. The van der Waals surface area contributed by atoms with Crippen LogP contribution >= 0.6 is 0 Å². The Labute approximate surface area is 162 Å². The Morgan fingerprint density at radius 3 is 2.59 bits per heavy atom. The molecule has 1 aromatic carbocycles. The first-order valence-electron chi connectivity index (χ1n) is 9.77. The molecule has 5 nitrogen and oxygen atoms in total. The molecule has 2 rings (SSSR count). The van der Waals surface area contributed by atoms with E-state index in [0.717, 1.165) is 18.9 Å². The van der Waals surface area contributed by atoms with E-state index < -0.39 is 9.84 Å². The van der Waals surface area contributed by atoms with E-state index in [4.69, 9.17) is 0 Å². The Morgan fingerprint density at radius 2 is 1.93 bits per heavy atom. The predicted molar refractivity (Wildman–Crippen MR) is 109 cm³/mol. The van der Waals surface area contributed by atoms with Crippen molar-refractivity contribution < 1.29 is 12.8 Å². The number of hydrogen-bond donors (Lipinski definition) is 2. The van der Waals surface area contributed by atoms with Gasteiger partial charge in [-0.3, -0.25) is 4.99 Å². The number of benzene rings is 1. The van der Waals surface area contributed by atoms with Gasteiger partial charge in [-0.25, -0.2) is 12.8 Å². The van der Waals surface area contributed by atoms with Gasteiger partial charge in [-0.1, -0.05) is 38.2 Å². The lowest BCUT2D eigenvalue weighted by molar-refractivity contribution is 0.332. The molecule has 1 aromatic rings. The minimum Gasteiger partial charge on any atom is -0.356 e. The molecule has 27 heavy (non-hydrogen) atoms. The zero-order chi connectivity index (χ0) is 19.7. The van der Waals surface area contributed by atoms with Crippen LogP contribution in [0.2, 0.25) is 0 Å². The van der Waals surface area contributed by atoms with Crippen molar-refractivity contribution >= 4 is 15.8 Å². The lowest BCUT2D eigenvalue weighted by Gasteiger charge is -2.21. The van der Waals surface area contributed by atoms with Crippen molar-refractivity contribution in [2.45, 2.75) is 57.2 Å². The molecule has 1 saturated carbocycles. The van der Waals surface area contributed by atoms with E-state index in [1.807, 2.05) is 0 Å². The summed E-state index contributed by atoms with van der Waals surface area (Å²) < 4.78 is 36.8. The zero-order valence-electron chi connectivity index (χ0n) is 16.4. The Balaban J connectivity index is 1.82. The monoisotopic (exact) mass is 397 g/mol. The van der Waals surface area contributed by atoms with Crippen LogP contribution in [-0.2, 0) is 22.1 Å². The second kappa shape index (κ2) is 10.6. The van der Waals surface area contributed by atoms with E-state index in [-0.39, 0.29) is 11.6 Å².